The first-order valence-corrected chi connectivity index (χ1v) is 12.8. The Balaban J connectivity index is 1.53. The van der Waals surface area contributed by atoms with Gasteiger partial charge in [0.1, 0.15) is 24.0 Å². The number of hydrogen-bond acceptors (Lipinski definition) is 7. The lowest BCUT2D eigenvalue weighted by Gasteiger charge is -2.20. The predicted molar refractivity (Wildman–Crippen MR) is 145 cm³/mol. The summed E-state index contributed by atoms with van der Waals surface area (Å²) in [5.41, 5.74) is 0.670. The number of amidine groups is 2. The van der Waals surface area contributed by atoms with Crippen LogP contribution in [0, 0.1) is 11.3 Å². The molecule has 2 heterocycles. The monoisotopic (exact) mass is 546 g/mol. The van der Waals surface area contributed by atoms with Gasteiger partial charge in [-0.2, -0.15) is 15.1 Å². The van der Waals surface area contributed by atoms with Gasteiger partial charge in [0.2, 0.25) is 5.17 Å². The fourth-order valence-corrected chi connectivity index (χ4v) is 4.69. The molecule has 0 atom stereocenters. The highest BCUT2D eigenvalue weighted by Crippen LogP contribution is 2.38. The quantitative estimate of drug-likeness (QED) is 0.300. The topological polar surface area (TPSA) is 96.6 Å². The van der Waals surface area contributed by atoms with Gasteiger partial charge in [0.25, 0.3) is 5.91 Å². The highest BCUT2D eigenvalue weighted by Gasteiger charge is 2.36. The van der Waals surface area contributed by atoms with E-state index in [0.29, 0.717) is 44.6 Å². The molecule has 2 aromatic carbocycles. The van der Waals surface area contributed by atoms with Gasteiger partial charge in [-0.1, -0.05) is 49.2 Å². The van der Waals surface area contributed by atoms with Crippen molar-refractivity contribution in [2.75, 3.05) is 19.8 Å². The van der Waals surface area contributed by atoms with Gasteiger partial charge in [-0.25, -0.2) is 0 Å². The lowest BCUT2D eigenvalue weighted by Crippen LogP contribution is -2.35. The maximum atomic E-state index is 12.7. The van der Waals surface area contributed by atoms with E-state index in [0.717, 1.165) is 5.04 Å². The Morgan fingerprint density at radius 3 is 2.56 bits per heavy atom. The Hall–Kier alpha value is -3.01. The number of fused-ring (bicyclic) bond motifs is 1. The van der Waals surface area contributed by atoms with E-state index >= 15 is 0 Å². The number of carbonyl (C=O) groups excluding carboxylic acids is 1. The number of rotatable bonds is 9. The Kier molecular flexibility index (Phi) is 8.23. The molecule has 0 aromatic heterocycles. The van der Waals surface area contributed by atoms with Gasteiger partial charge < -0.3 is 14.2 Å². The van der Waals surface area contributed by atoms with Gasteiger partial charge >= 0.3 is 0 Å². The van der Waals surface area contributed by atoms with Crippen LogP contribution in [0.3, 0.4) is 0 Å². The number of carbonyl (C=O) groups is 1. The third-order valence-corrected chi connectivity index (χ3v) is 6.83. The summed E-state index contributed by atoms with van der Waals surface area (Å²) in [7, 11) is 0. The number of hydrazone groups is 1. The van der Waals surface area contributed by atoms with Gasteiger partial charge in [-0.3, -0.25) is 10.2 Å². The van der Waals surface area contributed by atoms with Crippen molar-refractivity contribution in [1.29, 1.82) is 5.41 Å². The van der Waals surface area contributed by atoms with Crippen molar-refractivity contribution >= 4 is 63.0 Å². The summed E-state index contributed by atoms with van der Waals surface area (Å²) in [6.07, 6.45) is 1.55. The van der Waals surface area contributed by atoms with E-state index in [1.165, 1.54) is 16.8 Å². The number of nitrogens with zero attached hydrogens (tertiary/aromatic N) is 3. The molecule has 8 nitrogen and oxygen atoms in total. The minimum Gasteiger partial charge on any atom is -0.490 e. The van der Waals surface area contributed by atoms with Crippen molar-refractivity contribution in [2.45, 2.75) is 20.8 Å². The summed E-state index contributed by atoms with van der Waals surface area (Å²) >= 11 is 13.9. The lowest BCUT2D eigenvalue weighted by molar-refractivity contribution is -0.114. The molecule has 0 spiro atoms. The largest absolute Gasteiger partial charge is 0.490 e. The first kappa shape index (κ1) is 26.1. The average molecular weight is 547 g/mol. The molecule has 11 heteroatoms. The van der Waals surface area contributed by atoms with Gasteiger partial charge in [0.15, 0.2) is 17.3 Å². The minimum absolute atomic E-state index is 0.0423. The maximum absolute atomic E-state index is 12.7. The molecule has 0 saturated heterocycles. The summed E-state index contributed by atoms with van der Waals surface area (Å²) < 4.78 is 17.3. The van der Waals surface area contributed by atoms with Crippen molar-refractivity contribution in [3.63, 3.8) is 0 Å². The molecule has 188 valence electrons. The standard InChI is InChI=1S/C25H24Cl2N4O4S/c1-4-33-20-13-15(11-16-22(28)31-25(29-23(16)32)36-24(30-31)14(2)3)12-18(27)21(20)35-10-9-34-19-8-6-5-7-17(19)26/h5-8,11-14,28H,4,9-10H2,1-3H3. The number of nitrogens with one attached hydrogen (secondary N) is 1. The van der Waals surface area contributed by atoms with Crippen LogP contribution in [0.15, 0.2) is 52.1 Å². The van der Waals surface area contributed by atoms with Gasteiger partial charge in [0.05, 0.1) is 22.2 Å². The van der Waals surface area contributed by atoms with E-state index in [-0.39, 0.29) is 30.5 Å². The zero-order chi connectivity index (χ0) is 25.8. The SMILES string of the molecule is CCOc1cc(C=C2C(=N)N3N=C(C(C)C)SC3=NC2=O)cc(Cl)c1OCCOc1ccccc1Cl. The lowest BCUT2D eigenvalue weighted by atomic mass is 10.1. The van der Waals surface area contributed by atoms with Gasteiger partial charge in [-0.05, 0) is 54.6 Å². The second-order valence-corrected chi connectivity index (χ2v) is 9.81. The van der Waals surface area contributed by atoms with E-state index in [4.69, 9.17) is 42.8 Å². The number of halogens is 2. The highest BCUT2D eigenvalue weighted by molar-refractivity contribution is 8.27. The van der Waals surface area contributed by atoms with Crippen LogP contribution in [0.25, 0.3) is 6.08 Å². The first-order valence-electron chi connectivity index (χ1n) is 11.2. The molecule has 4 rings (SSSR count). The summed E-state index contributed by atoms with van der Waals surface area (Å²) in [5, 5.41) is 16.4. The molecular weight excluding hydrogens is 523 g/mol. The first-order chi connectivity index (χ1) is 17.3. The molecule has 1 amide bonds. The van der Waals surface area contributed by atoms with Crippen molar-refractivity contribution in [3.8, 4) is 17.2 Å². The van der Waals surface area contributed by atoms with Crippen LogP contribution in [-0.4, -0.2) is 46.8 Å². The molecule has 2 aliphatic heterocycles. The number of hydrogen-bond donors (Lipinski definition) is 1. The number of para-hydroxylation sites is 1. The molecule has 2 aliphatic rings. The summed E-state index contributed by atoms with van der Waals surface area (Å²) in [6, 6.07) is 10.5. The molecule has 36 heavy (non-hydrogen) atoms. The molecule has 0 aliphatic carbocycles. The van der Waals surface area contributed by atoms with Crippen molar-refractivity contribution in [3.05, 3.63) is 57.6 Å². The van der Waals surface area contributed by atoms with Crippen LogP contribution in [-0.2, 0) is 4.79 Å². The third kappa shape index (κ3) is 5.69. The zero-order valence-corrected chi connectivity index (χ0v) is 22.2. The van der Waals surface area contributed by atoms with E-state index in [1.807, 2.05) is 32.9 Å². The number of amides is 1. The number of ether oxygens (including phenoxy) is 3. The van der Waals surface area contributed by atoms with Crippen molar-refractivity contribution in [1.82, 2.24) is 5.01 Å². The summed E-state index contributed by atoms with van der Waals surface area (Å²) in [6.45, 7) is 6.66. The van der Waals surface area contributed by atoms with Crippen LogP contribution >= 0.6 is 35.0 Å². The van der Waals surface area contributed by atoms with Gasteiger partial charge in [0, 0.05) is 5.92 Å². The van der Waals surface area contributed by atoms with Crippen molar-refractivity contribution < 1.29 is 19.0 Å². The molecule has 2 aromatic rings. The van der Waals surface area contributed by atoms with Crippen molar-refractivity contribution in [2.24, 2.45) is 16.0 Å². The Bertz CT molecular complexity index is 1290. The Morgan fingerprint density at radius 2 is 1.83 bits per heavy atom. The minimum atomic E-state index is -0.509. The van der Waals surface area contributed by atoms with E-state index in [9.17, 15) is 4.79 Å². The van der Waals surface area contributed by atoms with Crippen LogP contribution in [0.2, 0.25) is 10.0 Å². The maximum Gasteiger partial charge on any atom is 0.283 e. The Labute approximate surface area is 223 Å². The third-order valence-electron chi connectivity index (χ3n) is 5.03. The molecular formula is C25H24Cl2N4O4S. The number of thioether (sulfide) groups is 1. The molecule has 0 unspecified atom stereocenters. The smallest absolute Gasteiger partial charge is 0.283 e. The zero-order valence-electron chi connectivity index (χ0n) is 19.9. The fraction of sp³-hybridized carbons (Fsp3) is 0.280. The summed E-state index contributed by atoms with van der Waals surface area (Å²) in [4.78, 5) is 16.8. The molecule has 0 fully saturated rings. The second kappa shape index (κ2) is 11.4. The van der Waals surface area contributed by atoms with Crippen LogP contribution in [0.4, 0.5) is 0 Å². The second-order valence-electron chi connectivity index (χ2n) is 8.00. The molecule has 0 radical (unpaired) electrons. The molecule has 1 N–H and O–H groups in total. The molecule has 0 saturated carbocycles. The normalized spacial score (nSPS) is 16.3. The van der Waals surface area contributed by atoms with E-state index in [1.54, 1.807) is 30.3 Å². The van der Waals surface area contributed by atoms with E-state index < -0.39 is 5.91 Å². The number of benzene rings is 2. The van der Waals surface area contributed by atoms with Crippen LogP contribution in [0.1, 0.15) is 26.3 Å². The predicted octanol–water partition coefficient (Wildman–Crippen LogP) is 6.13. The highest BCUT2D eigenvalue weighted by atomic mass is 35.5. The van der Waals surface area contributed by atoms with E-state index in [2.05, 4.69) is 10.1 Å². The average Bonchev–Trinajstić information content (AvgIpc) is 3.26. The Morgan fingerprint density at radius 1 is 1.08 bits per heavy atom. The summed E-state index contributed by atoms with van der Waals surface area (Å²) in [5.74, 6) is 0.937. The number of aliphatic imine (C=N–C) groups is 1. The molecule has 0 bridgehead atoms. The fourth-order valence-electron chi connectivity index (χ4n) is 3.34. The van der Waals surface area contributed by atoms with Crippen LogP contribution in [0.5, 0.6) is 17.2 Å². The van der Waals surface area contributed by atoms with Gasteiger partial charge in [-0.15, -0.1) is 0 Å². The van der Waals surface area contributed by atoms with Crippen LogP contribution < -0.4 is 14.2 Å².